The first-order valence-corrected chi connectivity index (χ1v) is 6.39. The summed E-state index contributed by atoms with van der Waals surface area (Å²) in [6, 6.07) is 0. The standard InChI is InChI=1S/C4H11O4PS2/c1-3-10-7-9(5,6)8-11-4-2/h3-4H2,1-2H3,(H,5,6). The Morgan fingerprint density at radius 1 is 1.27 bits per heavy atom. The zero-order chi connectivity index (χ0) is 8.74. The lowest BCUT2D eigenvalue weighted by atomic mass is 11.0. The van der Waals surface area contributed by atoms with E-state index in [-0.39, 0.29) is 0 Å². The molecule has 0 aliphatic heterocycles. The van der Waals surface area contributed by atoms with E-state index < -0.39 is 7.82 Å². The minimum absolute atomic E-state index is 0.616. The molecule has 11 heavy (non-hydrogen) atoms. The van der Waals surface area contributed by atoms with Crippen molar-refractivity contribution in [3.63, 3.8) is 0 Å². The molecule has 0 aliphatic rings. The van der Waals surface area contributed by atoms with E-state index in [4.69, 9.17) is 4.89 Å². The molecule has 0 bridgehead atoms. The van der Waals surface area contributed by atoms with Gasteiger partial charge in [0.2, 0.25) is 0 Å². The Balaban J connectivity index is 3.53. The summed E-state index contributed by atoms with van der Waals surface area (Å²) in [6.07, 6.45) is 0. The van der Waals surface area contributed by atoms with Crippen LogP contribution in [0.15, 0.2) is 0 Å². The Morgan fingerprint density at radius 3 is 1.91 bits per heavy atom. The third-order valence-electron chi connectivity index (χ3n) is 0.529. The van der Waals surface area contributed by atoms with E-state index in [1.54, 1.807) is 0 Å². The van der Waals surface area contributed by atoms with Gasteiger partial charge in [-0.05, 0) is 0 Å². The van der Waals surface area contributed by atoms with Crippen LogP contribution in [0.4, 0.5) is 0 Å². The fourth-order valence-corrected chi connectivity index (χ4v) is 2.48. The van der Waals surface area contributed by atoms with Crippen molar-refractivity contribution >= 4 is 31.9 Å². The molecule has 0 aromatic heterocycles. The molecule has 0 heterocycles. The van der Waals surface area contributed by atoms with Gasteiger partial charge in [0.05, 0.1) is 0 Å². The Labute approximate surface area is 75.1 Å². The smallest absolute Gasteiger partial charge is 0.301 e. The molecule has 0 fully saturated rings. The molecule has 0 unspecified atom stereocenters. The summed E-state index contributed by atoms with van der Waals surface area (Å²) < 4.78 is 19.7. The average molecular weight is 218 g/mol. The Bertz CT molecular complexity index is 130. The van der Waals surface area contributed by atoms with Gasteiger partial charge in [0.25, 0.3) is 0 Å². The number of hydrogen-bond acceptors (Lipinski definition) is 5. The molecular formula is C4H11O4PS2. The lowest BCUT2D eigenvalue weighted by molar-refractivity contribution is 0.323. The quantitative estimate of drug-likeness (QED) is 0.546. The van der Waals surface area contributed by atoms with Crippen molar-refractivity contribution in [1.29, 1.82) is 0 Å². The molecule has 0 saturated carbocycles. The fourth-order valence-electron chi connectivity index (χ4n) is 0.251. The minimum Gasteiger partial charge on any atom is -0.301 e. The van der Waals surface area contributed by atoms with Crippen molar-refractivity contribution in [3.05, 3.63) is 0 Å². The Morgan fingerprint density at radius 2 is 1.64 bits per heavy atom. The summed E-state index contributed by atoms with van der Waals surface area (Å²) in [4.78, 5) is 8.85. The summed E-state index contributed by atoms with van der Waals surface area (Å²) in [6.45, 7) is 3.63. The maximum atomic E-state index is 10.8. The van der Waals surface area contributed by atoms with Crippen LogP contribution in [0, 0.1) is 0 Å². The number of rotatable bonds is 6. The Hall–Kier alpha value is 0.810. The topological polar surface area (TPSA) is 55.8 Å². The second-order valence-electron chi connectivity index (χ2n) is 1.43. The molecule has 0 aromatic rings. The zero-order valence-electron chi connectivity index (χ0n) is 6.35. The lowest BCUT2D eigenvalue weighted by Crippen LogP contribution is -1.83. The first-order valence-electron chi connectivity index (χ1n) is 3.07. The molecule has 0 amide bonds. The van der Waals surface area contributed by atoms with Gasteiger partial charge in [-0.15, -0.1) is 0 Å². The highest BCUT2D eigenvalue weighted by Gasteiger charge is 2.21. The van der Waals surface area contributed by atoms with Gasteiger partial charge >= 0.3 is 7.82 Å². The van der Waals surface area contributed by atoms with Crippen LogP contribution in [0.1, 0.15) is 13.8 Å². The van der Waals surface area contributed by atoms with Gasteiger partial charge in [-0.1, -0.05) is 13.8 Å². The molecule has 0 saturated heterocycles. The van der Waals surface area contributed by atoms with Crippen molar-refractivity contribution in [2.45, 2.75) is 13.8 Å². The van der Waals surface area contributed by atoms with Crippen molar-refractivity contribution in [2.24, 2.45) is 0 Å². The normalized spacial score (nSPS) is 11.9. The van der Waals surface area contributed by atoms with E-state index in [1.165, 1.54) is 0 Å². The first-order chi connectivity index (χ1) is 5.12. The zero-order valence-corrected chi connectivity index (χ0v) is 8.88. The van der Waals surface area contributed by atoms with Gasteiger partial charge < -0.3 is 4.89 Å². The van der Waals surface area contributed by atoms with Gasteiger partial charge in [-0.25, -0.2) is 12.5 Å². The van der Waals surface area contributed by atoms with Gasteiger partial charge in [-0.3, -0.25) is 0 Å². The van der Waals surface area contributed by atoms with E-state index >= 15 is 0 Å². The van der Waals surface area contributed by atoms with Crippen LogP contribution in [-0.2, 0) is 12.5 Å². The molecule has 4 nitrogen and oxygen atoms in total. The molecule has 7 heteroatoms. The highest BCUT2D eigenvalue weighted by atomic mass is 32.2. The van der Waals surface area contributed by atoms with Crippen molar-refractivity contribution < 1.29 is 17.4 Å². The fraction of sp³-hybridized carbons (Fsp3) is 1.00. The maximum absolute atomic E-state index is 10.8. The summed E-state index contributed by atoms with van der Waals surface area (Å²) in [5, 5.41) is 0. The van der Waals surface area contributed by atoms with E-state index in [1.807, 2.05) is 13.8 Å². The summed E-state index contributed by atoms with van der Waals surface area (Å²) >= 11 is 1.83. The van der Waals surface area contributed by atoms with E-state index in [0.717, 1.165) is 24.1 Å². The third kappa shape index (κ3) is 7.18. The van der Waals surface area contributed by atoms with Crippen LogP contribution in [-0.4, -0.2) is 16.4 Å². The second kappa shape index (κ2) is 6.34. The first kappa shape index (κ1) is 11.8. The van der Waals surface area contributed by atoms with Gasteiger partial charge in [-0.2, -0.15) is 0 Å². The van der Waals surface area contributed by atoms with E-state index in [9.17, 15) is 4.57 Å². The summed E-state index contributed by atoms with van der Waals surface area (Å²) in [7, 11) is -3.80. The van der Waals surface area contributed by atoms with Crippen LogP contribution in [0.3, 0.4) is 0 Å². The lowest BCUT2D eigenvalue weighted by Gasteiger charge is -2.07. The van der Waals surface area contributed by atoms with Crippen molar-refractivity contribution in [2.75, 3.05) is 11.5 Å². The SMILES string of the molecule is CCSOP(=O)(O)OSCC. The average Bonchev–Trinajstić information content (AvgIpc) is 1.97. The molecular weight excluding hydrogens is 207 g/mol. The third-order valence-corrected chi connectivity index (χ3v) is 3.35. The van der Waals surface area contributed by atoms with Gasteiger partial charge in [0.1, 0.15) is 0 Å². The highest BCUT2D eigenvalue weighted by molar-refractivity contribution is 8.01. The number of hydrogen-bond donors (Lipinski definition) is 1. The molecule has 0 aromatic carbocycles. The van der Waals surface area contributed by atoms with Gasteiger partial charge in [0, 0.05) is 35.6 Å². The highest BCUT2D eigenvalue weighted by Crippen LogP contribution is 2.50. The summed E-state index contributed by atoms with van der Waals surface area (Å²) in [5.74, 6) is 1.23. The predicted molar refractivity (Wildman–Crippen MR) is 48.3 cm³/mol. The summed E-state index contributed by atoms with van der Waals surface area (Å²) in [5.41, 5.74) is 0. The second-order valence-corrected chi connectivity index (χ2v) is 5.19. The predicted octanol–water partition coefficient (Wildman–Crippen LogP) is 2.46. The molecule has 0 spiro atoms. The molecule has 68 valence electrons. The maximum Gasteiger partial charge on any atom is 0.494 e. The van der Waals surface area contributed by atoms with E-state index in [0.29, 0.717) is 11.5 Å². The molecule has 1 N–H and O–H groups in total. The largest absolute Gasteiger partial charge is 0.494 e. The Kier molecular flexibility index (Phi) is 6.81. The minimum atomic E-state index is -3.80. The molecule has 0 rings (SSSR count). The van der Waals surface area contributed by atoms with Crippen molar-refractivity contribution in [1.82, 2.24) is 0 Å². The van der Waals surface area contributed by atoms with E-state index in [2.05, 4.69) is 7.94 Å². The van der Waals surface area contributed by atoms with Crippen molar-refractivity contribution in [3.8, 4) is 0 Å². The van der Waals surface area contributed by atoms with Crippen LogP contribution >= 0.6 is 31.9 Å². The molecule has 0 radical (unpaired) electrons. The molecule has 0 aliphatic carbocycles. The van der Waals surface area contributed by atoms with Crippen LogP contribution in [0.5, 0.6) is 0 Å². The van der Waals surface area contributed by atoms with Gasteiger partial charge in [0.15, 0.2) is 0 Å². The van der Waals surface area contributed by atoms with Crippen LogP contribution in [0.2, 0.25) is 0 Å². The van der Waals surface area contributed by atoms with Crippen LogP contribution in [0.25, 0.3) is 0 Å². The van der Waals surface area contributed by atoms with Crippen LogP contribution < -0.4 is 0 Å². The molecule has 0 atom stereocenters. The number of phosphoric acid groups is 1. The monoisotopic (exact) mass is 218 g/mol.